The monoisotopic (exact) mass is 316 g/mol. The second-order valence-corrected chi connectivity index (χ2v) is 4.90. The molecule has 2 aromatic heterocycles. The van der Waals surface area contributed by atoms with Crippen molar-refractivity contribution < 1.29 is 4.52 Å². The number of aromatic nitrogens is 3. The first-order chi connectivity index (χ1) is 10.2. The standard InChI is InChI=1S/C14H6Cl2N4O/c15-10-6-18-7-11(16)12(10)13-19-14(21-20-13)9-3-1-8(5-17)2-4-9/h1-4,6-7H. The van der Waals surface area contributed by atoms with Crippen molar-refractivity contribution in [1.29, 1.82) is 5.26 Å². The molecule has 5 nitrogen and oxygen atoms in total. The molecular formula is C14H6Cl2N4O. The molecule has 0 radical (unpaired) electrons. The van der Waals surface area contributed by atoms with E-state index in [0.717, 1.165) is 0 Å². The largest absolute Gasteiger partial charge is 0.334 e. The molecule has 2 heterocycles. The van der Waals surface area contributed by atoms with Gasteiger partial charge >= 0.3 is 0 Å². The molecule has 0 aliphatic carbocycles. The first kappa shape index (κ1) is 13.6. The molecule has 0 saturated carbocycles. The van der Waals surface area contributed by atoms with E-state index in [-0.39, 0.29) is 5.82 Å². The fourth-order valence-corrected chi connectivity index (χ4v) is 2.29. The van der Waals surface area contributed by atoms with Crippen molar-refractivity contribution >= 4 is 23.2 Å². The highest BCUT2D eigenvalue weighted by molar-refractivity contribution is 6.38. The fourth-order valence-electron chi connectivity index (χ4n) is 1.75. The molecule has 3 rings (SSSR count). The lowest BCUT2D eigenvalue weighted by atomic mass is 10.1. The summed E-state index contributed by atoms with van der Waals surface area (Å²) in [6.07, 6.45) is 2.92. The van der Waals surface area contributed by atoms with Crippen molar-refractivity contribution in [2.75, 3.05) is 0 Å². The number of benzene rings is 1. The summed E-state index contributed by atoms with van der Waals surface area (Å²) in [5.41, 5.74) is 1.73. The normalized spacial score (nSPS) is 10.3. The minimum atomic E-state index is 0.284. The van der Waals surface area contributed by atoms with E-state index in [1.165, 1.54) is 12.4 Å². The lowest BCUT2D eigenvalue weighted by Gasteiger charge is -1.99. The zero-order valence-electron chi connectivity index (χ0n) is 10.4. The van der Waals surface area contributed by atoms with Crippen LogP contribution in [0.5, 0.6) is 0 Å². The summed E-state index contributed by atoms with van der Waals surface area (Å²) in [6, 6.07) is 8.84. The van der Waals surface area contributed by atoms with Crippen molar-refractivity contribution in [1.82, 2.24) is 15.1 Å². The number of rotatable bonds is 2. The Morgan fingerprint density at radius 2 is 1.71 bits per heavy atom. The molecule has 0 amide bonds. The highest BCUT2D eigenvalue weighted by Gasteiger charge is 2.16. The Balaban J connectivity index is 2.02. The van der Waals surface area contributed by atoms with Gasteiger partial charge in [0.15, 0.2) is 0 Å². The van der Waals surface area contributed by atoms with Gasteiger partial charge in [0.1, 0.15) is 0 Å². The van der Waals surface area contributed by atoms with Crippen LogP contribution < -0.4 is 0 Å². The van der Waals surface area contributed by atoms with E-state index >= 15 is 0 Å². The first-order valence-corrected chi connectivity index (χ1v) is 6.58. The van der Waals surface area contributed by atoms with Crippen molar-refractivity contribution in [2.45, 2.75) is 0 Å². The summed E-state index contributed by atoms with van der Waals surface area (Å²) < 4.78 is 5.21. The predicted octanol–water partition coefficient (Wildman–Crippen LogP) is 3.98. The molecule has 0 fully saturated rings. The predicted molar refractivity (Wildman–Crippen MR) is 77.7 cm³/mol. The Kier molecular flexibility index (Phi) is 3.57. The van der Waals surface area contributed by atoms with Gasteiger partial charge in [0.25, 0.3) is 5.89 Å². The van der Waals surface area contributed by atoms with E-state index in [2.05, 4.69) is 15.1 Å². The van der Waals surface area contributed by atoms with E-state index in [1.54, 1.807) is 24.3 Å². The Hall–Kier alpha value is -2.42. The smallest absolute Gasteiger partial charge is 0.258 e. The molecule has 0 unspecified atom stereocenters. The summed E-state index contributed by atoms with van der Waals surface area (Å²) in [7, 11) is 0. The van der Waals surface area contributed by atoms with Crippen LogP contribution in [0.2, 0.25) is 10.0 Å². The van der Waals surface area contributed by atoms with E-state index < -0.39 is 0 Å². The molecule has 0 spiro atoms. The molecule has 102 valence electrons. The highest BCUT2D eigenvalue weighted by Crippen LogP contribution is 2.32. The molecule has 0 aliphatic rings. The van der Waals surface area contributed by atoms with Crippen LogP contribution >= 0.6 is 23.2 Å². The molecule has 0 N–H and O–H groups in total. The van der Waals surface area contributed by atoms with Crippen molar-refractivity contribution in [3.63, 3.8) is 0 Å². The van der Waals surface area contributed by atoms with Crippen molar-refractivity contribution in [2.24, 2.45) is 0 Å². The molecule has 1 aromatic carbocycles. The second kappa shape index (κ2) is 5.52. The van der Waals surface area contributed by atoms with Gasteiger partial charge in [-0.05, 0) is 24.3 Å². The van der Waals surface area contributed by atoms with Gasteiger partial charge in [-0.2, -0.15) is 10.2 Å². The van der Waals surface area contributed by atoms with Crippen LogP contribution in [0, 0.1) is 11.3 Å². The number of hydrogen-bond donors (Lipinski definition) is 0. The number of hydrogen-bond acceptors (Lipinski definition) is 5. The molecular weight excluding hydrogens is 311 g/mol. The number of nitriles is 1. The average molecular weight is 317 g/mol. The van der Waals surface area contributed by atoms with E-state index in [1.807, 2.05) is 6.07 Å². The first-order valence-electron chi connectivity index (χ1n) is 5.82. The van der Waals surface area contributed by atoms with Gasteiger partial charge in [-0.15, -0.1) is 0 Å². The molecule has 3 aromatic rings. The third-order valence-corrected chi connectivity index (χ3v) is 3.34. The van der Waals surface area contributed by atoms with Gasteiger partial charge in [0.2, 0.25) is 5.82 Å². The summed E-state index contributed by atoms with van der Waals surface area (Å²) in [5.74, 6) is 0.602. The molecule has 0 aliphatic heterocycles. The average Bonchev–Trinajstić information content (AvgIpc) is 2.97. The van der Waals surface area contributed by atoms with Gasteiger partial charge in [-0.1, -0.05) is 28.4 Å². The molecule has 0 saturated heterocycles. The summed E-state index contributed by atoms with van der Waals surface area (Å²) >= 11 is 12.1. The van der Waals surface area contributed by atoms with Crippen LogP contribution in [-0.2, 0) is 0 Å². The highest BCUT2D eigenvalue weighted by atomic mass is 35.5. The van der Waals surface area contributed by atoms with Crippen molar-refractivity contribution in [3.8, 4) is 28.9 Å². The summed E-state index contributed by atoms with van der Waals surface area (Å²) in [4.78, 5) is 8.14. The van der Waals surface area contributed by atoms with Crippen LogP contribution in [0.15, 0.2) is 41.2 Å². The lowest BCUT2D eigenvalue weighted by Crippen LogP contribution is -1.86. The number of pyridine rings is 1. The van der Waals surface area contributed by atoms with E-state index in [4.69, 9.17) is 33.0 Å². The van der Waals surface area contributed by atoms with Crippen LogP contribution in [0.25, 0.3) is 22.8 Å². The van der Waals surface area contributed by atoms with Gasteiger partial charge < -0.3 is 4.52 Å². The Labute approximate surface area is 129 Å². The van der Waals surface area contributed by atoms with Crippen LogP contribution in [0.3, 0.4) is 0 Å². The van der Waals surface area contributed by atoms with Crippen molar-refractivity contribution in [3.05, 3.63) is 52.3 Å². The van der Waals surface area contributed by atoms with Gasteiger partial charge in [-0.3, -0.25) is 4.98 Å². The lowest BCUT2D eigenvalue weighted by molar-refractivity contribution is 0.432. The van der Waals surface area contributed by atoms with Crippen LogP contribution in [0.1, 0.15) is 5.56 Å². The zero-order chi connectivity index (χ0) is 14.8. The quantitative estimate of drug-likeness (QED) is 0.714. The van der Waals surface area contributed by atoms with Crippen LogP contribution in [0.4, 0.5) is 0 Å². The zero-order valence-corrected chi connectivity index (χ0v) is 11.9. The van der Waals surface area contributed by atoms with Crippen LogP contribution in [-0.4, -0.2) is 15.1 Å². The molecule has 21 heavy (non-hydrogen) atoms. The van der Waals surface area contributed by atoms with E-state index in [9.17, 15) is 0 Å². The topological polar surface area (TPSA) is 75.6 Å². The maximum Gasteiger partial charge on any atom is 0.258 e. The maximum absolute atomic E-state index is 8.78. The molecule has 0 atom stereocenters. The Bertz CT molecular complexity index is 817. The van der Waals surface area contributed by atoms with E-state index in [0.29, 0.717) is 32.6 Å². The SMILES string of the molecule is N#Cc1ccc(-c2nc(-c3c(Cl)cncc3Cl)no2)cc1. The second-order valence-electron chi connectivity index (χ2n) is 4.09. The third kappa shape index (κ3) is 2.59. The number of nitrogens with zero attached hydrogens (tertiary/aromatic N) is 4. The summed E-state index contributed by atoms with van der Waals surface area (Å²) in [6.45, 7) is 0. The number of halogens is 2. The van der Waals surface area contributed by atoms with Gasteiger partial charge in [-0.25, -0.2) is 0 Å². The van der Waals surface area contributed by atoms with Gasteiger partial charge in [0.05, 0.1) is 27.2 Å². The third-order valence-electron chi connectivity index (χ3n) is 2.76. The summed E-state index contributed by atoms with van der Waals surface area (Å²) in [5, 5.41) is 13.3. The Morgan fingerprint density at radius 3 is 2.33 bits per heavy atom. The maximum atomic E-state index is 8.78. The Morgan fingerprint density at radius 1 is 1.05 bits per heavy atom. The van der Waals surface area contributed by atoms with Gasteiger partial charge in [0, 0.05) is 18.0 Å². The minimum Gasteiger partial charge on any atom is -0.334 e. The minimum absolute atomic E-state index is 0.284. The molecule has 7 heteroatoms. The fraction of sp³-hybridized carbons (Fsp3) is 0. The molecule has 0 bridgehead atoms.